The van der Waals surface area contributed by atoms with Crippen molar-refractivity contribution in [3.8, 4) is 11.5 Å². The molecule has 0 aliphatic carbocycles. The number of unbranched alkanes of at least 4 members (excludes halogenated alkanes) is 2. The summed E-state index contributed by atoms with van der Waals surface area (Å²) in [6.07, 6.45) is 2.98. The molecule has 0 atom stereocenters. The predicted octanol–water partition coefficient (Wildman–Crippen LogP) is 4.10. The lowest BCUT2D eigenvalue weighted by atomic mass is 10.2. The Kier molecular flexibility index (Phi) is 6.15. The second-order valence-electron chi connectivity index (χ2n) is 5.73. The van der Waals surface area contributed by atoms with Crippen molar-refractivity contribution in [3.05, 3.63) is 47.5 Å². The minimum absolute atomic E-state index is 0.667. The molecule has 0 radical (unpaired) electrons. The monoisotopic (exact) mass is 314 g/mol. The van der Waals surface area contributed by atoms with Gasteiger partial charge >= 0.3 is 0 Å². The van der Waals surface area contributed by atoms with Gasteiger partial charge in [-0.05, 0) is 56.4 Å². The summed E-state index contributed by atoms with van der Waals surface area (Å²) in [4.78, 5) is 0. The Morgan fingerprint density at radius 1 is 0.696 bits per heavy atom. The van der Waals surface area contributed by atoms with Crippen LogP contribution in [0.25, 0.3) is 0 Å². The van der Waals surface area contributed by atoms with Crippen LogP contribution in [-0.4, -0.2) is 13.2 Å². The van der Waals surface area contributed by atoms with Gasteiger partial charge in [0.25, 0.3) is 0 Å². The Morgan fingerprint density at radius 3 is 1.57 bits per heavy atom. The van der Waals surface area contributed by atoms with E-state index in [1.54, 1.807) is 0 Å². The summed E-state index contributed by atoms with van der Waals surface area (Å²) >= 11 is 0. The van der Waals surface area contributed by atoms with Gasteiger partial charge in [-0.1, -0.05) is 24.3 Å². The standard InChI is InChI=1S/C19H26N2O2/c1-14-8-6-10-16(18(14)20)22-12-4-3-5-13-23-17-11-7-9-15(2)19(17)21/h6-11H,3-5,12-13,20-21H2,1-2H3. The minimum atomic E-state index is 0.667. The number of aryl methyl sites for hydroxylation is 2. The first-order chi connectivity index (χ1) is 11.1. The highest BCUT2D eigenvalue weighted by Crippen LogP contribution is 2.25. The second kappa shape index (κ2) is 8.32. The summed E-state index contributed by atoms with van der Waals surface area (Å²) in [6.45, 7) is 5.30. The van der Waals surface area contributed by atoms with Crippen molar-refractivity contribution in [3.63, 3.8) is 0 Å². The molecule has 0 fully saturated rings. The van der Waals surface area contributed by atoms with E-state index in [0.29, 0.717) is 13.2 Å². The lowest BCUT2D eigenvalue weighted by molar-refractivity contribution is 0.280. The van der Waals surface area contributed by atoms with Crippen LogP contribution in [0.5, 0.6) is 11.5 Å². The molecule has 23 heavy (non-hydrogen) atoms. The van der Waals surface area contributed by atoms with Crippen molar-refractivity contribution in [1.82, 2.24) is 0 Å². The van der Waals surface area contributed by atoms with Crippen LogP contribution in [0.2, 0.25) is 0 Å². The Balaban J connectivity index is 1.63. The number of nitrogen functional groups attached to an aromatic ring is 2. The minimum Gasteiger partial charge on any atom is -0.491 e. The number of rotatable bonds is 8. The molecule has 0 aliphatic heterocycles. The molecule has 4 nitrogen and oxygen atoms in total. The number of para-hydroxylation sites is 2. The fourth-order valence-corrected chi connectivity index (χ4v) is 2.30. The third-order valence-electron chi connectivity index (χ3n) is 3.87. The third-order valence-corrected chi connectivity index (χ3v) is 3.87. The molecule has 0 bridgehead atoms. The van der Waals surface area contributed by atoms with Crippen molar-refractivity contribution in [2.75, 3.05) is 24.7 Å². The van der Waals surface area contributed by atoms with Crippen LogP contribution in [0, 0.1) is 13.8 Å². The lowest BCUT2D eigenvalue weighted by Gasteiger charge is -2.11. The summed E-state index contributed by atoms with van der Waals surface area (Å²) in [5.41, 5.74) is 15.5. The number of nitrogens with two attached hydrogens (primary N) is 2. The second-order valence-corrected chi connectivity index (χ2v) is 5.73. The first-order valence-corrected chi connectivity index (χ1v) is 8.05. The van der Waals surface area contributed by atoms with Gasteiger partial charge in [0.2, 0.25) is 0 Å². The SMILES string of the molecule is Cc1cccc(OCCCCCOc2cccc(C)c2N)c1N. The molecule has 4 heteroatoms. The highest BCUT2D eigenvalue weighted by molar-refractivity contribution is 5.58. The van der Waals surface area contributed by atoms with Crippen LogP contribution in [0.3, 0.4) is 0 Å². The molecule has 0 spiro atoms. The van der Waals surface area contributed by atoms with E-state index in [-0.39, 0.29) is 0 Å². The number of hydrogen-bond donors (Lipinski definition) is 2. The van der Waals surface area contributed by atoms with Gasteiger partial charge in [0.15, 0.2) is 0 Å². The summed E-state index contributed by atoms with van der Waals surface area (Å²) in [5.74, 6) is 1.54. The highest BCUT2D eigenvalue weighted by atomic mass is 16.5. The van der Waals surface area contributed by atoms with E-state index < -0.39 is 0 Å². The maximum atomic E-state index is 5.98. The topological polar surface area (TPSA) is 70.5 Å². The van der Waals surface area contributed by atoms with Crippen molar-refractivity contribution in [2.45, 2.75) is 33.1 Å². The largest absolute Gasteiger partial charge is 0.491 e. The average Bonchev–Trinajstić information content (AvgIpc) is 2.54. The molecule has 2 aromatic rings. The Hall–Kier alpha value is -2.36. The predicted molar refractivity (Wildman–Crippen MR) is 96.0 cm³/mol. The van der Waals surface area contributed by atoms with E-state index in [2.05, 4.69) is 0 Å². The quantitative estimate of drug-likeness (QED) is 0.568. The fraction of sp³-hybridized carbons (Fsp3) is 0.368. The molecular weight excluding hydrogens is 288 g/mol. The lowest BCUT2D eigenvalue weighted by Crippen LogP contribution is -2.04. The van der Waals surface area contributed by atoms with E-state index >= 15 is 0 Å². The normalized spacial score (nSPS) is 10.5. The van der Waals surface area contributed by atoms with Gasteiger partial charge in [0.05, 0.1) is 24.6 Å². The van der Waals surface area contributed by atoms with Crippen LogP contribution in [-0.2, 0) is 0 Å². The molecule has 0 amide bonds. The summed E-state index contributed by atoms with van der Waals surface area (Å²) in [5, 5.41) is 0. The highest BCUT2D eigenvalue weighted by Gasteiger charge is 2.03. The molecule has 0 unspecified atom stereocenters. The van der Waals surface area contributed by atoms with Gasteiger partial charge in [-0.15, -0.1) is 0 Å². The maximum absolute atomic E-state index is 5.98. The first kappa shape index (κ1) is 17.0. The Labute approximate surface area is 138 Å². The van der Waals surface area contributed by atoms with Crippen LogP contribution < -0.4 is 20.9 Å². The average molecular weight is 314 g/mol. The van der Waals surface area contributed by atoms with Gasteiger partial charge < -0.3 is 20.9 Å². The molecule has 2 rings (SSSR count). The molecule has 2 aromatic carbocycles. The van der Waals surface area contributed by atoms with E-state index in [4.69, 9.17) is 20.9 Å². The molecule has 124 valence electrons. The molecular formula is C19H26N2O2. The van der Waals surface area contributed by atoms with Gasteiger partial charge in [-0.2, -0.15) is 0 Å². The zero-order valence-corrected chi connectivity index (χ0v) is 14.0. The van der Waals surface area contributed by atoms with Gasteiger partial charge in [-0.25, -0.2) is 0 Å². The molecule has 4 N–H and O–H groups in total. The van der Waals surface area contributed by atoms with E-state index in [9.17, 15) is 0 Å². The zero-order chi connectivity index (χ0) is 16.7. The van der Waals surface area contributed by atoms with Crippen molar-refractivity contribution in [2.24, 2.45) is 0 Å². The van der Waals surface area contributed by atoms with E-state index in [0.717, 1.165) is 53.3 Å². The Bertz CT molecular complexity index is 586. The van der Waals surface area contributed by atoms with E-state index in [1.165, 1.54) is 0 Å². The van der Waals surface area contributed by atoms with Gasteiger partial charge in [0.1, 0.15) is 11.5 Å². The fourth-order valence-electron chi connectivity index (χ4n) is 2.30. The number of ether oxygens (including phenoxy) is 2. The number of anilines is 2. The van der Waals surface area contributed by atoms with Crippen molar-refractivity contribution < 1.29 is 9.47 Å². The number of benzene rings is 2. The summed E-state index contributed by atoms with van der Waals surface area (Å²) in [7, 11) is 0. The number of hydrogen-bond acceptors (Lipinski definition) is 4. The van der Waals surface area contributed by atoms with Gasteiger partial charge in [-0.3, -0.25) is 0 Å². The first-order valence-electron chi connectivity index (χ1n) is 8.05. The van der Waals surface area contributed by atoms with Crippen LogP contribution in [0.4, 0.5) is 11.4 Å². The molecule has 0 heterocycles. The van der Waals surface area contributed by atoms with E-state index in [1.807, 2.05) is 50.2 Å². The third kappa shape index (κ3) is 4.81. The summed E-state index contributed by atoms with van der Waals surface area (Å²) in [6, 6.07) is 11.7. The van der Waals surface area contributed by atoms with Crippen molar-refractivity contribution in [1.29, 1.82) is 0 Å². The molecule has 0 aliphatic rings. The van der Waals surface area contributed by atoms with Crippen LogP contribution in [0.15, 0.2) is 36.4 Å². The van der Waals surface area contributed by atoms with Crippen LogP contribution >= 0.6 is 0 Å². The molecule has 0 aromatic heterocycles. The molecule has 0 saturated carbocycles. The maximum Gasteiger partial charge on any atom is 0.142 e. The Morgan fingerprint density at radius 2 is 1.13 bits per heavy atom. The van der Waals surface area contributed by atoms with Gasteiger partial charge in [0, 0.05) is 0 Å². The zero-order valence-electron chi connectivity index (χ0n) is 14.0. The summed E-state index contributed by atoms with van der Waals surface area (Å²) < 4.78 is 11.5. The molecule has 0 saturated heterocycles. The van der Waals surface area contributed by atoms with Crippen molar-refractivity contribution >= 4 is 11.4 Å². The smallest absolute Gasteiger partial charge is 0.142 e. The van der Waals surface area contributed by atoms with Crippen LogP contribution in [0.1, 0.15) is 30.4 Å².